The minimum absolute atomic E-state index is 0.0631. The molecule has 0 bridgehead atoms. The number of methoxy groups -OCH3 is 2. The number of imidazole rings is 1. The number of aliphatic hydroxyl groups excluding tert-OH is 1. The van der Waals surface area contributed by atoms with Gasteiger partial charge in [-0.1, -0.05) is 26.3 Å². The van der Waals surface area contributed by atoms with E-state index >= 15 is 0 Å². The fourth-order valence-electron chi connectivity index (χ4n) is 7.83. The predicted molar refractivity (Wildman–Crippen MR) is 148 cm³/mol. The number of cyclic esters (lactones) is 1. The molecule has 3 aliphatic carbocycles. The van der Waals surface area contributed by atoms with Crippen LogP contribution in [0.5, 0.6) is 0 Å². The first kappa shape index (κ1) is 29.4. The zero-order chi connectivity index (χ0) is 28.6. The van der Waals surface area contributed by atoms with Crippen molar-refractivity contribution in [1.29, 1.82) is 0 Å². The highest BCUT2D eigenvalue weighted by Gasteiger charge is 2.55. The van der Waals surface area contributed by atoms with Gasteiger partial charge in [-0.05, 0) is 62.9 Å². The Morgan fingerprint density at radius 2 is 1.95 bits per heavy atom. The maximum Gasteiger partial charge on any atom is 0.306 e. The molecule has 0 spiro atoms. The number of aromatic amines is 1. The summed E-state index contributed by atoms with van der Waals surface area (Å²) >= 11 is 0. The van der Waals surface area contributed by atoms with Crippen molar-refractivity contribution in [2.24, 2.45) is 23.7 Å². The number of carbonyl (C=O) groups is 2. The van der Waals surface area contributed by atoms with Gasteiger partial charge in [-0.15, -0.1) is 0 Å². The summed E-state index contributed by atoms with van der Waals surface area (Å²) in [4.78, 5) is 35.6. The average molecular weight is 559 g/mol. The Labute approximate surface area is 237 Å². The third-order valence-corrected chi connectivity index (χ3v) is 9.82. The minimum atomic E-state index is -1.10. The Morgan fingerprint density at radius 3 is 2.67 bits per heavy atom. The number of Topliss-reactive ketones (excluding diaryl/α,β-unsaturated/α-hetero) is 1. The van der Waals surface area contributed by atoms with Crippen LogP contribution in [0.25, 0.3) is 0 Å². The van der Waals surface area contributed by atoms with E-state index in [2.05, 4.69) is 18.0 Å². The van der Waals surface area contributed by atoms with Gasteiger partial charge in [0.05, 0.1) is 24.8 Å². The number of rotatable bonds is 7. The second kappa shape index (κ2) is 12.4. The number of aryl methyl sites for hydroxylation is 1. The van der Waals surface area contributed by atoms with Gasteiger partial charge in [0, 0.05) is 43.6 Å². The molecule has 5 rings (SSSR count). The standard InChI is InChI=1S/C31H46N2O7/c1-6-18-10-8-7-9-16(2)30(35)24-13-21-20-11-19(40-31(36)25(38-5)15-37-4)12-23(20)28-29(33-17(3)32-28)27(21)22(24)14-26(34)39-18/h13,16,18-23,25,27,31,36H,6-12,14-15H2,1-5H3,(H,32,33)/t16-,18+,19+,20+,21?,22-,23?,25+,27-,31?/m1/s1. The fraction of sp³-hybridized carbons (Fsp3) is 0.774. The quantitative estimate of drug-likeness (QED) is 0.375. The van der Waals surface area contributed by atoms with E-state index in [1.54, 1.807) is 7.11 Å². The number of hydrogen-bond donors (Lipinski definition) is 2. The molecule has 0 amide bonds. The van der Waals surface area contributed by atoms with E-state index in [0.29, 0.717) is 0 Å². The van der Waals surface area contributed by atoms with Crippen LogP contribution in [0.1, 0.15) is 94.3 Å². The monoisotopic (exact) mass is 558 g/mol. The first-order valence-electron chi connectivity index (χ1n) is 15.1. The molecule has 3 unspecified atom stereocenters. The van der Waals surface area contributed by atoms with Crippen molar-refractivity contribution < 1.29 is 33.6 Å². The number of hydrogen-bond acceptors (Lipinski definition) is 8. The fourth-order valence-corrected chi connectivity index (χ4v) is 7.83. The number of nitrogens with one attached hydrogen (secondary N) is 1. The molecule has 2 fully saturated rings. The summed E-state index contributed by atoms with van der Waals surface area (Å²) in [5.41, 5.74) is 2.84. The Balaban J connectivity index is 1.46. The lowest BCUT2D eigenvalue weighted by molar-refractivity contribution is -0.204. The summed E-state index contributed by atoms with van der Waals surface area (Å²) in [5, 5.41) is 10.7. The lowest BCUT2D eigenvalue weighted by Crippen LogP contribution is -2.36. The molecule has 10 atom stereocenters. The van der Waals surface area contributed by atoms with Crippen LogP contribution in [-0.2, 0) is 28.5 Å². The smallest absolute Gasteiger partial charge is 0.306 e. The van der Waals surface area contributed by atoms with E-state index in [-0.39, 0.29) is 72.5 Å². The third kappa shape index (κ3) is 5.67. The number of ether oxygens (including phenoxy) is 4. The molecular formula is C31H46N2O7. The highest BCUT2D eigenvalue weighted by molar-refractivity contribution is 5.99. The van der Waals surface area contributed by atoms with Crippen LogP contribution in [-0.4, -0.2) is 72.3 Å². The number of H-pyrrole nitrogens is 1. The van der Waals surface area contributed by atoms with Gasteiger partial charge < -0.3 is 29.0 Å². The van der Waals surface area contributed by atoms with Gasteiger partial charge in [0.25, 0.3) is 0 Å². The Kier molecular flexibility index (Phi) is 9.14. The van der Waals surface area contributed by atoms with Crippen molar-refractivity contribution in [3.63, 3.8) is 0 Å². The van der Waals surface area contributed by atoms with Crippen molar-refractivity contribution in [2.45, 2.75) is 109 Å². The molecule has 4 aliphatic rings. The first-order valence-corrected chi connectivity index (χ1v) is 15.1. The summed E-state index contributed by atoms with van der Waals surface area (Å²) in [7, 11) is 3.10. The normalized spacial score (nSPS) is 35.8. The molecule has 1 aromatic rings. The van der Waals surface area contributed by atoms with Gasteiger partial charge in [-0.25, -0.2) is 4.98 Å². The maximum absolute atomic E-state index is 13.9. The molecule has 9 nitrogen and oxygen atoms in total. The molecule has 9 heteroatoms. The van der Waals surface area contributed by atoms with Crippen LogP contribution in [0.3, 0.4) is 0 Å². The van der Waals surface area contributed by atoms with Crippen molar-refractivity contribution in [3.8, 4) is 0 Å². The molecule has 2 N–H and O–H groups in total. The van der Waals surface area contributed by atoms with Gasteiger partial charge in [0.2, 0.25) is 0 Å². The van der Waals surface area contributed by atoms with Crippen molar-refractivity contribution in [1.82, 2.24) is 9.97 Å². The van der Waals surface area contributed by atoms with Gasteiger partial charge in [0.15, 0.2) is 12.1 Å². The van der Waals surface area contributed by atoms with Gasteiger partial charge in [-0.2, -0.15) is 0 Å². The Morgan fingerprint density at radius 1 is 1.18 bits per heavy atom. The summed E-state index contributed by atoms with van der Waals surface area (Å²) in [6.07, 6.45) is 6.31. The van der Waals surface area contributed by atoms with Crippen LogP contribution >= 0.6 is 0 Å². The van der Waals surface area contributed by atoms with Gasteiger partial charge >= 0.3 is 5.97 Å². The van der Waals surface area contributed by atoms with Crippen molar-refractivity contribution in [3.05, 3.63) is 28.9 Å². The van der Waals surface area contributed by atoms with Crippen LogP contribution in [0, 0.1) is 30.6 Å². The minimum Gasteiger partial charge on any atom is -0.462 e. The number of aliphatic hydroxyl groups is 1. The van der Waals surface area contributed by atoms with Crippen LogP contribution < -0.4 is 0 Å². The highest BCUT2D eigenvalue weighted by atomic mass is 16.6. The summed E-state index contributed by atoms with van der Waals surface area (Å²) < 4.78 is 22.6. The summed E-state index contributed by atoms with van der Waals surface area (Å²) in [6.45, 7) is 6.28. The van der Waals surface area contributed by atoms with Crippen LogP contribution in [0.2, 0.25) is 0 Å². The SMILES string of the molecule is CC[C@H]1CCCC[C@@H](C)C(=O)C2=CC3[C@@H]4C[C@H](OC(O)[C@H](COC)OC)CC4c4[nH]c(C)nc4[C@H]3[C@@H]2CC(=O)O1. The number of esters is 1. The second-order valence-corrected chi connectivity index (χ2v) is 12.3. The third-order valence-electron chi connectivity index (χ3n) is 9.82. The van der Waals surface area contributed by atoms with Gasteiger partial charge in [-0.3, -0.25) is 9.59 Å². The highest BCUT2D eigenvalue weighted by Crippen LogP contribution is 2.60. The largest absolute Gasteiger partial charge is 0.462 e. The van der Waals surface area contributed by atoms with Crippen molar-refractivity contribution >= 4 is 11.8 Å². The molecule has 0 radical (unpaired) electrons. The first-order chi connectivity index (χ1) is 19.2. The van der Waals surface area contributed by atoms with E-state index in [4.69, 9.17) is 23.9 Å². The number of fused-ring (bicyclic) bond motifs is 8. The topological polar surface area (TPSA) is 120 Å². The average Bonchev–Trinajstić information content (AvgIpc) is 3.62. The lowest BCUT2D eigenvalue weighted by atomic mass is 9.67. The van der Waals surface area contributed by atoms with Crippen LogP contribution in [0.15, 0.2) is 11.6 Å². The molecule has 1 aliphatic heterocycles. The molecule has 1 saturated heterocycles. The molecule has 2 heterocycles. The number of ketones is 1. The molecule has 222 valence electrons. The zero-order valence-electron chi connectivity index (χ0n) is 24.6. The van der Waals surface area contributed by atoms with Crippen LogP contribution in [0.4, 0.5) is 0 Å². The van der Waals surface area contributed by atoms with E-state index < -0.39 is 12.4 Å². The predicted octanol–water partition coefficient (Wildman–Crippen LogP) is 4.34. The Hall–Kier alpha value is -2.07. The van der Waals surface area contributed by atoms with E-state index in [9.17, 15) is 14.7 Å². The molecule has 1 saturated carbocycles. The molecule has 0 aromatic carbocycles. The molecule has 40 heavy (non-hydrogen) atoms. The van der Waals surface area contributed by atoms with Crippen molar-refractivity contribution in [2.75, 3.05) is 20.8 Å². The zero-order valence-corrected chi connectivity index (χ0v) is 24.6. The number of aromatic nitrogens is 2. The molecular weight excluding hydrogens is 512 g/mol. The maximum atomic E-state index is 13.9. The van der Waals surface area contributed by atoms with E-state index in [0.717, 1.165) is 67.7 Å². The number of nitrogens with zero attached hydrogens (tertiary/aromatic N) is 1. The Bertz CT molecular complexity index is 1100. The number of allylic oxidation sites excluding steroid dienone is 2. The lowest BCUT2D eigenvalue weighted by Gasteiger charge is -2.37. The van der Waals surface area contributed by atoms with E-state index in [1.807, 2.05) is 13.8 Å². The summed E-state index contributed by atoms with van der Waals surface area (Å²) in [6, 6.07) is 0. The molecule has 1 aromatic heterocycles. The van der Waals surface area contributed by atoms with E-state index in [1.165, 1.54) is 7.11 Å². The number of carbonyl (C=O) groups excluding carboxylic acids is 2. The summed E-state index contributed by atoms with van der Waals surface area (Å²) in [5.74, 6) is 0.818. The van der Waals surface area contributed by atoms with Gasteiger partial charge in [0.1, 0.15) is 18.0 Å². The second-order valence-electron chi connectivity index (χ2n) is 12.3.